The number of aliphatic hydroxyl groups is 4. The molecule has 330 valence electrons. The fourth-order valence-corrected chi connectivity index (χ4v) is 9.21. The molecule has 0 aliphatic carbocycles. The van der Waals surface area contributed by atoms with Gasteiger partial charge in [-0.05, 0) is 108 Å². The van der Waals surface area contributed by atoms with E-state index in [4.69, 9.17) is 38.9 Å². The lowest BCUT2D eigenvalue weighted by Crippen LogP contribution is -2.61. The first-order valence-corrected chi connectivity index (χ1v) is 20.8. The zero-order valence-corrected chi connectivity index (χ0v) is 36.8. The lowest BCUT2D eigenvalue weighted by atomic mass is 9.77. The van der Waals surface area contributed by atoms with Gasteiger partial charge in [-0.15, -0.1) is 0 Å². The first-order valence-electron chi connectivity index (χ1n) is 20.8. The Morgan fingerprint density at radius 3 is 2.18 bits per heavy atom. The van der Waals surface area contributed by atoms with Gasteiger partial charge in [-0.2, -0.15) is 0 Å². The van der Waals surface area contributed by atoms with Crippen molar-refractivity contribution in [1.29, 1.82) is 0 Å². The number of cyclic esters (lactones) is 1. The molecule has 0 aromatic heterocycles. The van der Waals surface area contributed by atoms with Crippen molar-refractivity contribution in [2.24, 2.45) is 23.5 Å². The Balaban J connectivity index is 2.21. The molecule has 15 heteroatoms. The van der Waals surface area contributed by atoms with Crippen LogP contribution in [-0.4, -0.2) is 174 Å². The fourth-order valence-electron chi connectivity index (χ4n) is 9.21. The van der Waals surface area contributed by atoms with E-state index in [1.807, 2.05) is 53.7 Å². The van der Waals surface area contributed by atoms with Crippen LogP contribution >= 0.6 is 0 Å². The molecule has 18 atom stereocenters. The topological polar surface area (TPSA) is 195 Å². The van der Waals surface area contributed by atoms with Crippen LogP contribution in [0.15, 0.2) is 0 Å². The molecular weight excluding hydrogens is 726 g/mol. The van der Waals surface area contributed by atoms with Gasteiger partial charge in [0.2, 0.25) is 0 Å². The number of carbonyl (C=O) groups is 1. The van der Waals surface area contributed by atoms with Crippen molar-refractivity contribution in [3.8, 4) is 0 Å². The summed E-state index contributed by atoms with van der Waals surface area (Å²) in [7, 11) is 7.37. The summed E-state index contributed by atoms with van der Waals surface area (Å²) in [6, 6.07) is -0.600. The molecule has 0 aromatic rings. The Morgan fingerprint density at radius 1 is 0.964 bits per heavy atom. The first-order chi connectivity index (χ1) is 25.9. The molecular formula is C41H79N3O12. The largest absolute Gasteiger partial charge is 0.459 e. The number of likely N-dealkylation sites (N-methyl/N-ethyl adjacent to an activating group) is 2. The fraction of sp³-hybridized carbons (Fsp3) is 0.976. The lowest BCUT2D eigenvalue weighted by Gasteiger charge is -2.49. The summed E-state index contributed by atoms with van der Waals surface area (Å²) in [5.41, 5.74) is 1.50. The second kappa shape index (κ2) is 20.5. The Morgan fingerprint density at radius 2 is 1.61 bits per heavy atom. The summed E-state index contributed by atoms with van der Waals surface area (Å²) in [6.45, 7) is 19.2. The minimum atomic E-state index is -1.80. The van der Waals surface area contributed by atoms with Crippen LogP contribution in [0.4, 0.5) is 0 Å². The maximum absolute atomic E-state index is 14.4. The predicted molar refractivity (Wildman–Crippen MR) is 212 cm³/mol. The van der Waals surface area contributed by atoms with Crippen LogP contribution in [0, 0.1) is 17.8 Å². The first kappa shape index (κ1) is 49.3. The highest BCUT2D eigenvalue weighted by molar-refractivity contribution is 5.73. The van der Waals surface area contributed by atoms with E-state index in [1.54, 1.807) is 34.6 Å². The van der Waals surface area contributed by atoms with Crippen molar-refractivity contribution >= 4 is 5.97 Å². The monoisotopic (exact) mass is 806 g/mol. The van der Waals surface area contributed by atoms with Gasteiger partial charge in [0.1, 0.15) is 30.0 Å². The molecule has 0 bridgehead atoms. The molecule has 3 heterocycles. The summed E-state index contributed by atoms with van der Waals surface area (Å²) in [5, 5.41) is 47.1. The smallest absolute Gasteiger partial charge is 0.311 e. The van der Waals surface area contributed by atoms with Crippen LogP contribution in [-0.2, 0) is 38.0 Å². The van der Waals surface area contributed by atoms with Gasteiger partial charge in [-0.25, -0.2) is 0 Å². The molecule has 0 saturated carbocycles. The van der Waals surface area contributed by atoms with Crippen LogP contribution in [0.3, 0.4) is 0 Å². The molecule has 3 rings (SSSR count). The molecule has 3 fully saturated rings. The zero-order chi connectivity index (χ0) is 42.5. The number of aliphatic hydroxyl groups excluding tert-OH is 2. The number of ether oxygens (including phenoxy) is 7. The number of hydrogen-bond donors (Lipinski definition) is 5. The van der Waals surface area contributed by atoms with Gasteiger partial charge < -0.3 is 69.1 Å². The number of rotatable bonds is 11. The Kier molecular flexibility index (Phi) is 18.0. The number of nitrogens with two attached hydrogens (primary N) is 1. The van der Waals surface area contributed by atoms with Crippen LogP contribution in [0.5, 0.6) is 0 Å². The van der Waals surface area contributed by atoms with Gasteiger partial charge >= 0.3 is 5.97 Å². The van der Waals surface area contributed by atoms with E-state index in [-0.39, 0.29) is 37.3 Å². The molecule has 0 amide bonds. The van der Waals surface area contributed by atoms with Crippen LogP contribution in [0.1, 0.15) is 101 Å². The number of nitrogens with zero attached hydrogens (tertiary/aromatic N) is 2. The molecule has 3 aliphatic heterocycles. The van der Waals surface area contributed by atoms with Crippen molar-refractivity contribution in [2.75, 3.05) is 47.9 Å². The van der Waals surface area contributed by atoms with E-state index >= 15 is 0 Å². The highest BCUT2D eigenvalue weighted by atomic mass is 16.7. The average Bonchev–Trinajstić information content (AvgIpc) is 3.12. The third-order valence-corrected chi connectivity index (χ3v) is 12.8. The van der Waals surface area contributed by atoms with E-state index in [9.17, 15) is 25.2 Å². The van der Waals surface area contributed by atoms with Gasteiger partial charge in [0.25, 0.3) is 0 Å². The normalized spacial score (nSPS) is 46.9. The van der Waals surface area contributed by atoms with Gasteiger partial charge in [-0.3, -0.25) is 4.79 Å². The van der Waals surface area contributed by atoms with Gasteiger partial charge in [0, 0.05) is 44.7 Å². The standard InChI is InChI=1S/C41H79N3O12/c1-15-30-41(10,49)34(45)27(6)44(13)22-23(2)20-39(8,48)36(56-38-33(51-18-16-17-42)29(43(11)12)19-24(3)52-38)25(4)32(26(5)37(47)54-30)55-31-21-40(9,50-14)35(46)28(7)53-31/h23-36,38,45-46,48-49H,15-22,42H2,1-14H3/t23-,24-,25+,26-,27-,28+,29+,30-,31+,32+,33-,34-,35+,36-,38+,39-,40-,41-/m1/s1. The van der Waals surface area contributed by atoms with Gasteiger partial charge in [-0.1, -0.05) is 20.8 Å². The molecule has 0 unspecified atom stereocenters. The Labute approximate surface area is 336 Å². The number of esters is 1. The minimum absolute atomic E-state index is 0.0699. The van der Waals surface area contributed by atoms with E-state index in [0.29, 0.717) is 32.5 Å². The highest BCUT2D eigenvalue weighted by Gasteiger charge is 2.53. The van der Waals surface area contributed by atoms with Crippen molar-refractivity contribution in [3.05, 3.63) is 0 Å². The second-order valence-electron chi connectivity index (χ2n) is 18.2. The predicted octanol–water partition coefficient (Wildman–Crippen LogP) is 2.27. The summed E-state index contributed by atoms with van der Waals surface area (Å²) in [4.78, 5) is 18.4. The maximum Gasteiger partial charge on any atom is 0.311 e. The van der Waals surface area contributed by atoms with Crippen molar-refractivity contribution < 1.29 is 58.4 Å². The third kappa shape index (κ3) is 11.6. The molecule has 15 nitrogen and oxygen atoms in total. The molecule has 0 radical (unpaired) electrons. The Hall–Kier alpha value is -1.05. The SMILES string of the molecule is CC[C@H]1OC(=O)[C@H](C)[C@@H](O[C@H]2C[C@@](C)(OC)[C@@H](O)[C@H](C)O2)[C@H](C)[C@@H](O[C@@H]2O[C@H](C)C[C@H](N(C)C)[C@H]2OCCCN)[C@](C)(O)C[C@@H](C)CN(C)[C@H](C)[C@@H](O)[C@]1(C)O. The van der Waals surface area contributed by atoms with Crippen molar-refractivity contribution in [2.45, 2.75) is 192 Å². The van der Waals surface area contributed by atoms with E-state index in [0.717, 1.165) is 0 Å². The second-order valence-corrected chi connectivity index (χ2v) is 18.2. The lowest BCUT2D eigenvalue weighted by molar-refractivity contribution is -0.321. The summed E-state index contributed by atoms with van der Waals surface area (Å²) in [5.74, 6) is -2.50. The van der Waals surface area contributed by atoms with E-state index in [2.05, 4.69) is 4.90 Å². The molecule has 3 aliphatic rings. The van der Waals surface area contributed by atoms with Crippen LogP contribution < -0.4 is 5.73 Å². The van der Waals surface area contributed by atoms with Crippen LogP contribution in [0.25, 0.3) is 0 Å². The van der Waals surface area contributed by atoms with Gasteiger partial charge in [0.05, 0.1) is 41.5 Å². The maximum atomic E-state index is 14.4. The summed E-state index contributed by atoms with van der Waals surface area (Å²) >= 11 is 0. The molecule has 0 spiro atoms. The third-order valence-electron chi connectivity index (χ3n) is 12.8. The molecule has 6 N–H and O–H groups in total. The van der Waals surface area contributed by atoms with Crippen LogP contribution in [0.2, 0.25) is 0 Å². The average molecular weight is 806 g/mol. The zero-order valence-electron chi connectivity index (χ0n) is 36.8. The van der Waals surface area contributed by atoms with Crippen molar-refractivity contribution in [3.63, 3.8) is 0 Å². The van der Waals surface area contributed by atoms with Gasteiger partial charge in [0.15, 0.2) is 12.6 Å². The molecule has 3 saturated heterocycles. The van der Waals surface area contributed by atoms with E-state index in [1.165, 1.54) is 14.0 Å². The minimum Gasteiger partial charge on any atom is -0.459 e. The van der Waals surface area contributed by atoms with E-state index < -0.39 is 96.0 Å². The molecule has 56 heavy (non-hydrogen) atoms. The quantitative estimate of drug-likeness (QED) is 0.151. The number of hydrogen-bond acceptors (Lipinski definition) is 15. The number of methoxy groups -OCH3 is 1. The number of carbonyl (C=O) groups excluding carboxylic acids is 1. The summed E-state index contributed by atoms with van der Waals surface area (Å²) < 4.78 is 44.9. The highest BCUT2D eigenvalue weighted by Crippen LogP contribution is 2.40. The summed E-state index contributed by atoms with van der Waals surface area (Å²) in [6.07, 6.45) is -6.49. The Bertz CT molecular complexity index is 1210. The van der Waals surface area contributed by atoms with Crippen molar-refractivity contribution in [1.82, 2.24) is 9.80 Å². The molecule has 0 aromatic carbocycles.